The lowest BCUT2D eigenvalue weighted by Gasteiger charge is -2.03. The summed E-state index contributed by atoms with van der Waals surface area (Å²) in [6.45, 7) is 3.93. The zero-order valence-electron chi connectivity index (χ0n) is 14.4. The number of hydrogen-bond donors (Lipinski definition) is 0. The SMILES string of the molecule is CCOC(=O)c1c(SCC(=O)c2ccc(Cl)cc2)nn2c(C)cccc12. The van der Waals surface area contributed by atoms with Gasteiger partial charge in [-0.2, -0.15) is 5.10 Å². The molecule has 2 aromatic heterocycles. The molecule has 0 radical (unpaired) electrons. The molecule has 0 saturated carbocycles. The summed E-state index contributed by atoms with van der Waals surface area (Å²) < 4.78 is 6.87. The number of halogens is 1. The quantitative estimate of drug-likeness (QED) is 0.354. The number of Topliss-reactive ketones (excluding diaryl/α,β-unsaturated/α-hetero) is 1. The number of ether oxygens (including phenoxy) is 1. The first-order valence-electron chi connectivity index (χ1n) is 8.08. The third kappa shape index (κ3) is 3.76. The third-order valence-corrected chi connectivity index (χ3v) is 5.02. The number of pyridine rings is 1. The summed E-state index contributed by atoms with van der Waals surface area (Å²) in [6, 6.07) is 12.3. The van der Waals surface area contributed by atoms with Crippen LogP contribution in [0.25, 0.3) is 5.52 Å². The molecule has 26 heavy (non-hydrogen) atoms. The van der Waals surface area contributed by atoms with Gasteiger partial charge in [0.1, 0.15) is 10.6 Å². The number of benzene rings is 1. The Morgan fingerprint density at radius 3 is 2.62 bits per heavy atom. The van der Waals surface area contributed by atoms with Crippen molar-refractivity contribution in [2.24, 2.45) is 0 Å². The van der Waals surface area contributed by atoms with Crippen LogP contribution >= 0.6 is 23.4 Å². The summed E-state index contributed by atoms with van der Waals surface area (Å²) in [5.74, 6) is -0.332. The molecule has 3 rings (SSSR count). The Balaban J connectivity index is 1.90. The van der Waals surface area contributed by atoms with Crippen LogP contribution in [0, 0.1) is 6.92 Å². The Morgan fingerprint density at radius 1 is 1.19 bits per heavy atom. The van der Waals surface area contributed by atoms with Crippen LogP contribution in [-0.4, -0.2) is 33.7 Å². The van der Waals surface area contributed by atoms with Crippen LogP contribution in [0.1, 0.15) is 33.3 Å². The molecule has 0 spiro atoms. The summed E-state index contributed by atoms with van der Waals surface area (Å²) in [5.41, 5.74) is 2.53. The molecule has 7 heteroatoms. The normalized spacial score (nSPS) is 10.9. The number of aromatic nitrogens is 2. The van der Waals surface area contributed by atoms with E-state index in [0.717, 1.165) is 5.69 Å². The van der Waals surface area contributed by atoms with Gasteiger partial charge in [0.25, 0.3) is 0 Å². The Kier molecular flexibility index (Phi) is 5.64. The van der Waals surface area contributed by atoms with Crippen molar-refractivity contribution >= 4 is 40.6 Å². The first kappa shape index (κ1) is 18.5. The molecule has 0 unspecified atom stereocenters. The van der Waals surface area contributed by atoms with E-state index in [9.17, 15) is 9.59 Å². The lowest BCUT2D eigenvalue weighted by Crippen LogP contribution is -2.07. The van der Waals surface area contributed by atoms with Crippen molar-refractivity contribution in [3.63, 3.8) is 0 Å². The zero-order valence-corrected chi connectivity index (χ0v) is 15.9. The van der Waals surface area contributed by atoms with Crippen molar-refractivity contribution in [2.75, 3.05) is 12.4 Å². The number of fused-ring (bicyclic) bond motifs is 1. The van der Waals surface area contributed by atoms with Crippen molar-refractivity contribution in [3.05, 3.63) is 64.3 Å². The molecule has 0 N–H and O–H groups in total. The van der Waals surface area contributed by atoms with E-state index in [1.165, 1.54) is 11.8 Å². The minimum absolute atomic E-state index is 0.0600. The number of aryl methyl sites for hydroxylation is 1. The van der Waals surface area contributed by atoms with Gasteiger partial charge in [-0.05, 0) is 50.2 Å². The van der Waals surface area contributed by atoms with Gasteiger partial charge < -0.3 is 4.74 Å². The van der Waals surface area contributed by atoms with E-state index < -0.39 is 5.97 Å². The second kappa shape index (κ2) is 7.93. The molecule has 1 aromatic carbocycles. The Morgan fingerprint density at radius 2 is 1.92 bits per heavy atom. The van der Waals surface area contributed by atoms with Gasteiger partial charge in [-0.3, -0.25) is 4.79 Å². The highest BCUT2D eigenvalue weighted by Crippen LogP contribution is 2.28. The van der Waals surface area contributed by atoms with Gasteiger partial charge >= 0.3 is 5.97 Å². The fourth-order valence-electron chi connectivity index (χ4n) is 2.53. The van der Waals surface area contributed by atoms with Gasteiger partial charge in [0, 0.05) is 16.3 Å². The first-order valence-corrected chi connectivity index (χ1v) is 9.44. The number of rotatable bonds is 6. The number of carbonyl (C=O) groups is 2. The predicted molar refractivity (Wildman–Crippen MR) is 102 cm³/mol. The zero-order chi connectivity index (χ0) is 18.7. The number of nitrogens with zero attached hydrogens (tertiary/aromatic N) is 2. The van der Waals surface area contributed by atoms with Crippen molar-refractivity contribution in [2.45, 2.75) is 18.9 Å². The van der Waals surface area contributed by atoms with Crippen LogP contribution in [0.4, 0.5) is 0 Å². The lowest BCUT2D eigenvalue weighted by molar-refractivity contribution is 0.0524. The second-order valence-electron chi connectivity index (χ2n) is 5.58. The Hall–Kier alpha value is -2.31. The molecule has 5 nitrogen and oxygen atoms in total. The van der Waals surface area contributed by atoms with Crippen LogP contribution in [0.3, 0.4) is 0 Å². The molecule has 0 saturated heterocycles. The molecule has 2 heterocycles. The van der Waals surface area contributed by atoms with Gasteiger partial charge in [0.05, 0.1) is 17.9 Å². The number of hydrogen-bond acceptors (Lipinski definition) is 5. The van der Waals surface area contributed by atoms with E-state index in [2.05, 4.69) is 5.10 Å². The van der Waals surface area contributed by atoms with Crippen LogP contribution < -0.4 is 0 Å². The summed E-state index contributed by atoms with van der Waals surface area (Å²) in [7, 11) is 0. The standard InChI is InChI=1S/C19H17ClN2O3S/c1-3-25-19(24)17-15-6-4-5-12(2)22(15)21-18(17)26-11-16(23)13-7-9-14(20)10-8-13/h4-10H,3,11H2,1-2H3. The summed E-state index contributed by atoms with van der Waals surface area (Å²) in [6.07, 6.45) is 0. The van der Waals surface area contributed by atoms with Gasteiger partial charge in [-0.25, -0.2) is 9.31 Å². The smallest absolute Gasteiger partial charge is 0.343 e. The van der Waals surface area contributed by atoms with Crippen molar-refractivity contribution in [3.8, 4) is 0 Å². The average Bonchev–Trinajstić information content (AvgIpc) is 3.00. The van der Waals surface area contributed by atoms with Crippen LogP contribution in [0.15, 0.2) is 47.5 Å². The average molecular weight is 389 g/mol. The van der Waals surface area contributed by atoms with Crippen LogP contribution in [0.5, 0.6) is 0 Å². The maximum Gasteiger partial charge on any atom is 0.343 e. The molecule has 0 aliphatic heterocycles. The predicted octanol–water partition coefficient (Wildman–Crippen LogP) is 4.45. The number of esters is 1. The maximum absolute atomic E-state index is 12.4. The molecule has 0 aliphatic rings. The van der Waals surface area contributed by atoms with E-state index in [-0.39, 0.29) is 18.1 Å². The Bertz CT molecular complexity index is 967. The molecule has 0 fully saturated rings. The molecule has 0 atom stereocenters. The highest BCUT2D eigenvalue weighted by atomic mass is 35.5. The fraction of sp³-hybridized carbons (Fsp3) is 0.211. The molecular formula is C19H17ClN2O3S. The fourth-order valence-corrected chi connectivity index (χ4v) is 3.56. The summed E-state index contributed by atoms with van der Waals surface area (Å²) in [4.78, 5) is 24.8. The van der Waals surface area contributed by atoms with E-state index in [0.29, 0.717) is 26.7 Å². The highest BCUT2D eigenvalue weighted by molar-refractivity contribution is 8.00. The van der Waals surface area contributed by atoms with E-state index in [1.54, 1.807) is 35.7 Å². The number of ketones is 1. The highest BCUT2D eigenvalue weighted by Gasteiger charge is 2.22. The maximum atomic E-state index is 12.4. The van der Waals surface area contributed by atoms with Crippen molar-refractivity contribution in [1.82, 2.24) is 9.61 Å². The molecule has 0 bridgehead atoms. The topological polar surface area (TPSA) is 60.7 Å². The third-order valence-electron chi connectivity index (χ3n) is 3.80. The largest absolute Gasteiger partial charge is 0.462 e. The second-order valence-corrected chi connectivity index (χ2v) is 6.98. The molecule has 134 valence electrons. The monoisotopic (exact) mass is 388 g/mol. The molecule has 0 amide bonds. The van der Waals surface area contributed by atoms with E-state index in [1.807, 2.05) is 25.1 Å². The summed E-state index contributed by atoms with van der Waals surface area (Å²) in [5, 5.41) is 5.57. The lowest BCUT2D eigenvalue weighted by atomic mass is 10.1. The van der Waals surface area contributed by atoms with Crippen molar-refractivity contribution in [1.29, 1.82) is 0 Å². The number of carbonyl (C=O) groups excluding carboxylic acids is 2. The molecule has 0 aliphatic carbocycles. The number of thioether (sulfide) groups is 1. The van der Waals surface area contributed by atoms with Gasteiger partial charge in [-0.1, -0.05) is 29.4 Å². The molecular weight excluding hydrogens is 372 g/mol. The van der Waals surface area contributed by atoms with Gasteiger partial charge in [-0.15, -0.1) is 0 Å². The Labute approximate surface area is 160 Å². The van der Waals surface area contributed by atoms with E-state index in [4.69, 9.17) is 16.3 Å². The summed E-state index contributed by atoms with van der Waals surface area (Å²) >= 11 is 7.08. The van der Waals surface area contributed by atoms with Crippen LogP contribution in [0.2, 0.25) is 5.02 Å². The van der Waals surface area contributed by atoms with Crippen LogP contribution in [-0.2, 0) is 4.74 Å². The first-order chi connectivity index (χ1) is 12.5. The van der Waals surface area contributed by atoms with Gasteiger partial charge in [0.2, 0.25) is 0 Å². The van der Waals surface area contributed by atoms with Crippen molar-refractivity contribution < 1.29 is 14.3 Å². The van der Waals surface area contributed by atoms with E-state index >= 15 is 0 Å². The minimum Gasteiger partial charge on any atom is -0.462 e. The van der Waals surface area contributed by atoms with Gasteiger partial charge in [0.15, 0.2) is 5.78 Å². The molecule has 3 aromatic rings. The minimum atomic E-state index is -0.436.